The largest absolute Gasteiger partial charge is 1.00 e. The van der Waals surface area contributed by atoms with Crippen LogP contribution in [0.25, 0.3) is 0 Å². The Kier molecular flexibility index (Phi) is 9.59. The topological polar surface area (TPSA) is 83.5 Å². The van der Waals surface area contributed by atoms with Gasteiger partial charge < -0.3 is 9.29 Å². The molecule has 0 amide bonds. The average molecular weight is 260 g/mol. The van der Waals surface area contributed by atoms with Gasteiger partial charge in [0.25, 0.3) is 0 Å². The third kappa shape index (κ3) is 11.0. The van der Waals surface area contributed by atoms with E-state index in [0.717, 1.165) is 0 Å². The molecule has 0 heterocycles. The molecule has 0 saturated carbocycles. The van der Waals surface area contributed by atoms with Gasteiger partial charge in [-0.1, -0.05) is 6.58 Å². The summed E-state index contributed by atoms with van der Waals surface area (Å²) >= 11 is 0. The van der Waals surface area contributed by atoms with Crippen molar-refractivity contribution in [1.29, 1.82) is 0 Å². The van der Waals surface area contributed by atoms with E-state index in [1.165, 1.54) is 13.8 Å². The molecule has 0 bridgehead atoms. The van der Waals surface area contributed by atoms with E-state index in [9.17, 15) is 17.8 Å². The summed E-state index contributed by atoms with van der Waals surface area (Å²) < 4.78 is 35.5. The first-order valence-corrected chi connectivity index (χ1v) is 5.60. The van der Waals surface area contributed by atoms with E-state index in [0.29, 0.717) is 0 Å². The quantitative estimate of drug-likeness (QED) is 0.235. The maximum Gasteiger partial charge on any atom is 1.00 e. The van der Waals surface area contributed by atoms with Crippen LogP contribution in [0.3, 0.4) is 0 Å². The van der Waals surface area contributed by atoms with Gasteiger partial charge in [0.1, 0.15) is 6.10 Å². The van der Waals surface area contributed by atoms with Gasteiger partial charge in [-0.05, 0) is 20.3 Å². The first-order valence-electron chi connectivity index (χ1n) is 4.02. The fourth-order valence-electron chi connectivity index (χ4n) is 0.653. The predicted molar refractivity (Wildman–Crippen MR) is 49.5 cm³/mol. The SMILES string of the molecule is C=C(C)C(=O)OC(C)CCS(=O)(=O)[O-].[K+]. The molecule has 1 unspecified atom stereocenters. The Labute approximate surface area is 132 Å². The Balaban J connectivity index is 0. The summed E-state index contributed by atoms with van der Waals surface area (Å²) in [5.74, 6) is -1.11. The van der Waals surface area contributed by atoms with E-state index >= 15 is 0 Å². The van der Waals surface area contributed by atoms with Crippen LogP contribution in [0, 0.1) is 0 Å². The second-order valence-electron chi connectivity index (χ2n) is 3.05. The van der Waals surface area contributed by atoms with Crippen LogP contribution in [-0.2, 0) is 19.6 Å². The molecule has 7 heteroatoms. The number of hydrogen-bond donors (Lipinski definition) is 0. The van der Waals surface area contributed by atoms with Crippen LogP contribution in [0.15, 0.2) is 12.2 Å². The molecule has 0 rings (SSSR count). The van der Waals surface area contributed by atoms with E-state index < -0.39 is 27.9 Å². The molecule has 0 aliphatic heterocycles. The zero-order valence-electron chi connectivity index (χ0n) is 9.15. The Hall–Kier alpha value is 0.756. The standard InChI is InChI=1S/C8H14O5S.K/c1-6(2)8(9)13-7(3)4-5-14(10,11)12;/h7H,1,4-5H2,2-3H3,(H,10,11,12);/q;+1/p-1. The molecule has 0 saturated heterocycles. The molecule has 0 aromatic heterocycles. The Bertz CT molecular complexity index is 322. The second-order valence-corrected chi connectivity index (χ2v) is 4.57. The smallest absolute Gasteiger partial charge is 0.748 e. The van der Waals surface area contributed by atoms with Crippen molar-refractivity contribution in [2.45, 2.75) is 26.4 Å². The maximum absolute atomic E-state index is 10.9. The van der Waals surface area contributed by atoms with Crippen molar-refractivity contribution in [3.63, 3.8) is 0 Å². The van der Waals surface area contributed by atoms with Crippen LogP contribution in [0.2, 0.25) is 0 Å². The minimum atomic E-state index is -4.24. The van der Waals surface area contributed by atoms with Crippen molar-refractivity contribution < 1.29 is 73.9 Å². The third-order valence-electron chi connectivity index (χ3n) is 1.43. The van der Waals surface area contributed by atoms with Gasteiger partial charge in [-0.2, -0.15) is 0 Å². The summed E-state index contributed by atoms with van der Waals surface area (Å²) in [6, 6.07) is 0. The van der Waals surface area contributed by atoms with Gasteiger partial charge >= 0.3 is 57.4 Å². The van der Waals surface area contributed by atoms with Gasteiger partial charge in [-0.25, -0.2) is 13.2 Å². The molecule has 0 radical (unpaired) electrons. The molecule has 0 aliphatic carbocycles. The van der Waals surface area contributed by atoms with Crippen LogP contribution in [-0.4, -0.2) is 30.8 Å². The minimum absolute atomic E-state index is 0. The molecule has 0 fully saturated rings. The van der Waals surface area contributed by atoms with Crippen molar-refractivity contribution in [3.05, 3.63) is 12.2 Å². The van der Waals surface area contributed by atoms with Crippen molar-refractivity contribution in [1.82, 2.24) is 0 Å². The number of carbonyl (C=O) groups excluding carboxylic acids is 1. The van der Waals surface area contributed by atoms with Crippen LogP contribution in [0.4, 0.5) is 0 Å². The Morgan fingerprint density at radius 1 is 1.53 bits per heavy atom. The zero-order valence-corrected chi connectivity index (χ0v) is 13.1. The number of carbonyl (C=O) groups is 1. The molecule has 0 N–H and O–H groups in total. The van der Waals surface area contributed by atoms with Crippen LogP contribution < -0.4 is 51.4 Å². The summed E-state index contributed by atoms with van der Waals surface area (Å²) in [7, 11) is -4.24. The van der Waals surface area contributed by atoms with Crippen LogP contribution >= 0.6 is 0 Å². The van der Waals surface area contributed by atoms with Gasteiger partial charge in [0.05, 0.1) is 10.1 Å². The maximum atomic E-state index is 10.9. The summed E-state index contributed by atoms with van der Waals surface area (Å²) in [6.07, 6.45) is -0.590. The Morgan fingerprint density at radius 3 is 2.33 bits per heavy atom. The number of esters is 1. The van der Waals surface area contributed by atoms with E-state index in [4.69, 9.17) is 4.74 Å². The fourth-order valence-corrected chi connectivity index (χ4v) is 1.27. The van der Waals surface area contributed by atoms with Crippen molar-refractivity contribution in [3.8, 4) is 0 Å². The first kappa shape index (κ1) is 18.1. The Morgan fingerprint density at radius 2 is 2.00 bits per heavy atom. The van der Waals surface area contributed by atoms with Gasteiger partial charge in [-0.15, -0.1) is 0 Å². The molecule has 0 aliphatic rings. The minimum Gasteiger partial charge on any atom is -0.748 e. The monoisotopic (exact) mass is 260 g/mol. The first-order chi connectivity index (χ1) is 6.22. The second kappa shape index (κ2) is 7.94. The van der Waals surface area contributed by atoms with Gasteiger partial charge in [0, 0.05) is 11.3 Å². The van der Waals surface area contributed by atoms with Crippen LogP contribution in [0.5, 0.6) is 0 Å². The van der Waals surface area contributed by atoms with E-state index in [-0.39, 0.29) is 63.4 Å². The molecule has 1 atom stereocenters. The van der Waals surface area contributed by atoms with Crippen LogP contribution in [0.1, 0.15) is 20.3 Å². The van der Waals surface area contributed by atoms with Gasteiger partial charge in [-0.3, -0.25) is 0 Å². The predicted octanol–water partition coefficient (Wildman–Crippen LogP) is -2.57. The van der Waals surface area contributed by atoms with Crippen molar-refractivity contribution in [2.24, 2.45) is 0 Å². The van der Waals surface area contributed by atoms with Crippen molar-refractivity contribution in [2.75, 3.05) is 5.75 Å². The molecular weight excluding hydrogens is 247 g/mol. The number of hydrogen-bond acceptors (Lipinski definition) is 5. The molecule has 82 valence electrons. The number of rotatable bonds is 5. The normalized spacial score (nSPS) is 12.5. The summed E-state index contributed by atoms with van der Waals surface area (Å²) in [5.41, 5.74) is 0.238. The molecule has 0 aromatic rings. The summed E-state index contributed by atoms with van der Waals surface area (Å²) in [5, 5.41) is 0. The average Bonchev–Trinajstić information content (AvgIpc) is 1.99. The molecule has 0 aromatic carbocycles. The van der Waals surface area contributed by atoms with Gasteiger partial charge in [0.15, 0.2) is 0 Å². The molecule has 5 nitrogen and oxygen atoms in total. The third-order valence-corrected chi connectivity index (χ3v) is 2.17. The zero-order chi connectivity index (χ0) is 11.4. The summed E-state index contributed by atoms with van der Waals surface area (Å²) in [6.45, 7) is 6.37. The fraction of sp³-hybridized carbons (Fsp3) is 0.625. The summed E-state index contributed by atoms with van der Waals surface area (Å²) in [4.78, 5) is 10.9. The van der Waals surface area contributed by atoms with E-state index in [2.05, 4.69) is 6.58 Å². The van der Waals surface area contributed by atoms with E-state index in [1.54, 1.807) is 0 Å². The molecule has 15 heavy (non-hydrogen) atoms. The molecular formula is C8H13KO5S. The van der Waals surface area contributed by atoms with E-state index in [1.807, 2.05) is 0 Å². The number of ether oxygens (including phenoxy) is 1. The van der Waals surface area contributed by atoms with Gasteiger partial charge in [0.2, 0.25) is 0 Å². The van der Waals surface area contributed by atoms with Crippen molar-refractivity contribution >= 4 is 16.1 Å². The molecule has 0 spiro atoms.